The maximum absolute atomic E-state index is 5.43. The Kier molecular flexibility index (Phi) is 4.20. The molecule has 0 unspecified atom stereocenters. The minimum absolute atomic E-state index is 0.462. The molecule has 14 heavy (non-hydrogen) atoms. The minimum atomic E-state index is 0.462. The summed E-state index contributed by atoms with van der Waals surface area (Å²) >= 11 is 8.87. The zero-order valence-corrected chi connectivity index (χ0v) is 10.5. The van der Waals surface area contributed by atoms with E-state index in [4.69, 9.17) is 4.74 Å². The number of ether oxygens (including phenoxy) is 1. The average molecular weight is 228 g/mol. The fraction of sp³-hybridized carbons (Fsp3) is 0.455. The van der Waals surface area contributed by atoms with Crippen molar-refractivity contribution in [2.45, 2.75) is 36.5 Å². The van der Waals surface area contributed by atoms with Crippen molar-refractivity contribution < 1.29 is 4.74 Å². The Hall–Kier alpha value is -0.280. The van der Waals surface area contributed by atoms with E-state index in [0.29, 0.717) is 12.5 Å². The molecule has 0 bridgehead atoms. The van der Waals surface area contributed by atoms with Gasteiger partial charge in [-0.2, -0.15) is 0 Å². The minimum Gasteiger partial charge on any atom is -0.493 e. The van der Waals surface area contributed by atoms with E-state index in [1.807, 2.05) is 13.0 Å². The van der Waals surface area contributed by atoms with E-state index < -0.39 is 0 Å². The van der Waals surface area contributed by atoms with E-state index in [0.717, 1.165) is 15.5 Å². The summed E-state index contributed by atoms with van der Waals surface area (Å²) in [4.78, 5) is 1.76. The Labute approximate surface area is 96.7 Å². The summed E-state index contributed by atoms with van der Waals surface area (Å²) in [6, 6.07) is 4.01. The van der Waals surface area contributed by atoms with Crippen LogP contribution < -0.4 is 4.74 Å². The zero-order valence-electron chi connectivity index (χ0n) is 8.74. The van der Waals surface area contributed by atoms with Crippen molar-refractivity contribution in [3.05, 3.63) is 17.7 Å². The van der Waals surface area contributed by atoms with Crippen molar-refractivity contribution in [2.75, 3.05) is 6.61 Å². The van der Waals surface area contributed by atoms with Crippen LogP contribution in [0.25, 0.3) is 0 Å². The molecular formula is C11H16OS2. The summed E-state index contributed by atoms with van der Waals surface area (Å²) in [5, 5.41) is 0. The highest BCUT2D eigenvalue weighted by molar-refractivity contribution is 7.83. The van der Waals surface area contributed by atoms with Gasteiger partial charge in [0.05, 0.1) is 11.5 Å². The molecule has 1 rings (SSSR count). The van der Waals surface area contributed by atoms with Crippen LogP contribution in [0.4, 0.5) is 0 Å². The van der Waals surface area contributed by atoms with Crippen LogP contribution in [0.15, 0.2) is 21.9 Å². The van der Waals surface area contributed by atoms with Crippen LogP contribution in [-0.4, -0.2) is 6.61 Å². The molecule has 0 atom stereocenters. The Morgan fingerprint density at radius 3 is 2.36 bits per heavy atom. The highest BCUT2D eigenvalue weighted by Crippen LogP contribution is 2.34. The summed E-state index contributed by atoms with van der Waals surface area (Å²) < 4.78 is 5.43. The zero-order chi connectivity index (χ0) is 10.7. The molecule has 1 nitrogen and oxygen atoms in total. The third kappa shape index (κ3) is 2.39. The normalized spacial score (nSPS) is 10.7. The predicted molar refractivity (Wildman–Crippen MR) is 66.2 cm³/mol. The molecule has 0 aliphatic heterocycles. The lowest BCUT2D eigenvalue weighted by Gasteiger charge is -2.14. The van der Waals surface area contributed by atoms with Gasteiger partial charge >= 0.3 is 0 Å². The van der Waals surface area contributed by atoms with Crippen molar-refractivity contribution >= 4 is 25.3 Å². The smallest absolute Gasteiger partial charge is 0.133 e. The molecule has 1 aromatic rings. The van der Waals surface area contributed by atoms with Gasteiger partial charge in [0.15, 0.2) is 0 Å². The SMILES string of the molecule is CCOc1ccc(C(C)C)c(S)c1S. The van der Waals surface area contributed by atoms with Crippen molar-refractivity contribution in [1.29, 1.82) is 0 Å². The molecule has 0 spiro atoms. The number of hydrogen-bond acceptors (Lipinski definition) is 3. The fourth-order valence-electron chi connectivity index (χ4n) is 1.31. The van der Waals surface area contributed by atoms with Gasteiger partial charge < -0.3 is 4.74 Å². The number of thiol groups is 2. The second-order valence-electron chi connectivity index (χ2n) is 3.44. The molecule has 0 aliphatic rings. The van der Waals surface area contributed by atoms with Gasteiger partial charge in [-0.25, -0.2) is 0 Å². The van der Waals surface area contributed by atoms with E-state index in [1.54, 1.807) is 0 Å². The summed E-state index contributed by atoms with van der Waals surface area (Å²) in [5.74, 6) is 1.27. The summed E-state index contributed by atoms with van der Waals surface area (Å²) in [7, 11) is 0. The lowest BCUT2D eigenvalue weighted by atomic mass is 10.0. The van der Waals surface area contributed by atoms with Gasteiger partial charge in [0, 0.05) is 4.90 Å². The van der Waals surface area contributed by atoms with Crippen LogP contribution >= 0.6 is 25.3 Å². The van der Waals surface area contributed by atoms with Gasteiger partial charge in [0.1, 0.15) is 5.75 Å². The third-order valence-electron chi connectivity index (χ3n) is 2.07. The highest BCUT2D eigenvalue weighted by Gasteiger charge is 2.10. The van der Waals surface area contributed by atoms with Crippen LogP contribution in [0.1, 0.15) is 32.3 Å². The first-order chi connectivity index (χ1) is 6.57. The fourth-order valence-corrected chi connectivity index (χ4v) is 2.03. The van der Waals surface area contributed by atoms with Crippen molar-refractivity contribution in [1.82, 2.24) is 0 Å². The Morgan fingerprint density at radius 1 is 1.21 bits per heavy atom. The molecule has 0 saturated carbocycles. The Morgan fingerprint density at radius 2 is 1.86 bits per heavy atom. The molecule has 1 aromatic carbocycles. The molecule has 0 saturated heterocycles. The molecule has 0 amide bonds. The number of rotatable bonds is 3. The van der Waals surface area contributed by atoms with Crippen LogP contribution in [-0.2, 0) is 0 Å². The maximum atomic E-state index is 5.43. The lowest BCUT2D eigenvalue weighted by molar-refractivity contribution is 0.330. The van der Waals surface area contributed by atoms with E-state index in [2.05, 4.69) is 45.2 Å². The second-order valence-corrected chi connectivity index (χ2v) is 4.33. The highest BCUT2D eigenvalue weighted by atomic mass is 32.1. The molecule has 0 radical (unpaired) electrons. The third-order valence-corrected chi connectivity index (χ3v) is 3.17. The van der Waals surface area contributed by atoms with E-state index in [1.165, 1.54) is 5.56 Å². The van der Waals surface area contributed by atoms with Gasteiger partial charge in [-0.1, -0.05) is 19.9 Å². The molecule has 3 heteroatoms. The van der Waals surface area contributed by atoms with Gasteiger partial charge in [0.25, 0.3) is 0 Å². The molecular weight excluding hydrogens is 212 g/mol. The first-order valence-electron chi connectivity index (χ1n) is 4.75. The van der Waals surface area contributed by atoms with Gasteiger partial charge in [0.2, 0.25) is 0 Å². The van der Waals surface area contributed by atoms with E-state index in [9.17, 15) is 0 Å². The molecule has 0 aromatic heterocycles. The molecule has 78 valence electrons. The number of benzene rings is 1. The average Bonchev–Trinajstić information content (AvgIpc) is 2.13. The lowest BCUT2D eigenvalue weighted by Crippen LogP contribution is -1.96. The quantitative estimate of drug-likeness (QED) is 0.749. The summed E-state index contributed by atoms with van der Waals surface area (Å²) in [6.45, 7) is 6.90. The number of hydrogen-bond donors (Lipinski definition) is 2. The molecule has 0 heterocycles. The van der Waals surface area contributed by atoms with Gasteiger partial charge in [-0.05, 0) is 24.5 Å². The maximum Gasteiger partial charge on any atom is 0.133 e. The monoisotopic (exact) mass is 228 g/mol. The van der Waals surface area contributed by atoms with Crippen LogP contribution in [0.5, 0.6) is 5.75 Å². The second kappa shape index (κ2) is 4.99. The van der Waals surface area contributed by atoms with E-state index in [-0.39, 0.29) is 0 Å². The molecule has 0 fully saturated rings. The van der Waals surface area contributed by atoms with Crippen LogP contribution in [0.2, 0.25) is 0 Å². The van der Waals surface area contributed by atoms with Crippen molar-refractivity contribution in [3.8, 4) is 5.75 Å². The standard InChI is InChI=1S/C11H16OS2/c1-4-12-9-6-5-8(7(2)3)10(13)11(9)14/h5-7,13-14H,4H2,1-3H3. The van der Waals surface area contributed by atoms with Crippen molar-refractivity contribution in [3.63, 3.8) is 0 Å². The largest absolute Gasteiger partial charge is 0.493 e. The first kappa shape index (κ1) is 11.8. The van der Waals surface area contributed by atoms with Gasteiger partial charge in [-0.3, -0.25) is 0 Å². The van der Waals surface area contributed by atoms with Gasteiger partial charge in [-0.15, -0.1) is 25.3 Å². The first-order valence-corrected chi connectivity index (χ1v) is 5.65. The molecule has 0 aliphatic carbocycles. The van der Waals surface area contributed by atoms with Crippen molar-refractivity contribution in [2.24, 2.45) is 0 Å². The topological polar surface area (TPSA) is 9.23 Å². The van der Waals surface area contributed by atoms with E-state index >= 15 is 0 Å². The Balaban J connectivity index is 3.12. The summed E-state index contributed by atoms with van der Waals surface area (Å²) in [5.41, 5.74) is 1.21. The predicted octanol–water partition coefficient (Wildman–Crippen LogP) is 3.79. The van der Waals surface area contributed by atoms with Crippen LogP contribution in [0.3, 0.4) is 0 Å². The Bertz CT molecular complexity index is 321. The van der Waals surface area contributed by atoms with Crippen LogP contribution in [0, 0.1) is 0 Å². The summed E-state index contributed by atoms with van der Waals surface area (Å²) in [6.07, 6.45) is 0. The molecule has 0 N–H and O–H groups in total.